The van der Waals surface area contributed by atoms with E-state index >= 15 is 0 Å². The first-order chi connectivity index (χ1) is 57.4. The molecule has 20 aromatic rings. The highest BCUT2D eigenvalue weighted by atomic mass is 16.5. The lowest BCUT2D eigenvalue weighted by atomic mass is 9.89. The molecule has 0 aliphatic rings. The molecule has 0 saturated carbocycles. The van der Waals surface area contributed by atoms with Gasteiger partial charge in [0.05, 0.1) is 13.2 Å². The maximum Gasteiger partial charge on any atom is 0.128 e. The molecule has 20 rings (SSSR count). The van der Waals surface area contributed by atoms with Crippen molar-refractivity contribution in [3.05, 3.63) is 364 Å². The van der Waals surface area contributed by atoms with Crippen LogP contribution >= 0.6 is 0 Å². The number of benzene rings is 20. The van der Waals surface area contributed by atoms with Crippen molar-refractivity contribution >= 4 is 108 Å². The van der Waals surface area contributed by atoms with Crippen LogP contribution in [0.1, 0.15) is 0 Å². The van der Waals surface area contributed by atoms with E-state index in [1.807, 2.05) is 12.1 Å². The smallest absolute Gasteiger partial charge is 0.128 e. The van der Waals surface area contributed by atoms with E-state index in [1.165, 1.54) is 43.1 Å². The van der Waals surface area contributed by atoms with Crippen LogP contribution in [-0.2, 0) is 0 Å². The Morgan fingerprint density at radius 1 is 0.147 bits per heavy atom. The lowest BCUT2D eigenvalue weighted by molar-refractivity contribution is 0.202. The minimum atomic E-state index is -0.155. The minimum Gasteiger partial charge on any atom is -0.491 e. The van der Waals surface area contributed by atoms with Gasteiger partial charge in [0.1, 0.15) is 74.1 Å². The van der Waals surface area contributed by atoms with Crippen molar-refractivity contribution in [1.82, 2.24) is 0 Å². The Morgan fingerprint density at radius 3 is 0.560 bits per heavy atom. The molecular weight excluding hydrogens is 1430 g/mol. The van der Waals surface area contributed by atoms with Crippen molar-refractivity contribution in [2.75, 3.05) is 52.9 Å². The Morgan fingerprint density at radius 2 is 0.319 bits per heavy atom. The van der Waals surface area contributed by atoms with Gasteiger partial charge in [-0.25, -0.2) is 0 Å². The van der Waals surface area contributed by atoms with Crippen LogP contribution in [0.2, 0.25) is 0 Å². The lowest BCUT2D eigenvalue weighted by Gasteiger charge is -2.22. The molecule has 0 radical (unpaired) electrons. The first kappa shape index (κ1) is 70.8. The van der Waals surface area contributed by atoms with Crippen LogP contribution in [0.15, 0.2) is 364 Å². The largest absolute Gasteiger partial charge is 0.491 e. The number of rotatable bonds is 23. The summed E-state index contributed by atoms with van der Waals surface area (Å²) in [7, 11) is 0. The van der Waals surface area contributed by atoms with Crippen LogP contribution in [0.4, 0.5) is 0 Å². The van der Waals surface area contributed by atoms with E-state index in [0.717, 1.165) is 143 Å². The fraction of sp³-hybridized carbons (Fsp3) is 0.0741. The van der Waals surface area contributed by atoms with Gasteiger partial charge >= 0.3 is 0 Å². The summed E-state index contributed by atoms with van der Waals surface area (Å²) >= 11 is 0. The van der Waals surface area contributed by atoms with E-state index in [2.05, 4.69) is 352 Å². The van der Waals surface area contributed by atoms with E-state index in [1.54, 1.807) is 0 Å². The van der Waals surface area contributed by atoms with Gasteiger partial charge in [0.25, 0.3) is 0 Å². The Bertz CT molecular complexity index is 6800. The van der Waals surface area contributed by atoms with Crippen LogP contribution in [0, 0.1) is 0 Å². The third kappa shape index (κ3) is 13.6. The van der Waals surface area contributed by atoms with Gasteiger partial charge in [0.2, 0.25) is 0 Å². The molecule has 0 unspecified atom stereocenters. The average Bonchev–Trinajstić information content (AvgIpc) is 0.749. The molecule has 8 heteroatoms. The summed E-state index contributed by atoms with van der Waals surface area (Å²) < 4.78 is 41.7. The molecule has 0 saturated heterocycles. The molecule has 0 aliphatic heterocycles. The van der Waals surface area contributed by atoms with E-state index in [-0.39, 0.29) is 52.9 Å². The Kier molecular flexibility index (Phi) is 18.9. The number of hydrogen-bond acceptors (Lipinski definition) is 8. The van der Waals surface area contributed by atoms with Crippen molar-refractivity contribution in [3.63, 3.8) is 0 Å². The third-order valence-corrected chi connectivity index (χ3v) is 22.7. The normalized spacial score (nSPS) is 11.6. The number of ether oxygens (including phenoxy) is 6. The van der Waals surface area contributed by atoms with Gasteiger partial charge in [-0.3, -0.25) is 0 Å². The maximum absolute atomic E-state index is 10.3. The number of aliphatic hydroxyl groups is 2. The van der Waals surface area contributed by atoms with Gasteiger partial charge < -0.3 is 38.6 Å². The SMILES string of the molecule is OCCOc1ccc2cc(-c3ccc4ccccc4c3)ccc2c1-c1c(OCCOc2ccc3ccccc3c2-c2c(OCCOc3ccc4cc(-c5ccc6ccccc6c5)ccc4c3-c3c(OCCO)ccc4cc(-c5ccc6ccccc6c5)ccc34)ccc3ccccc23)ccc2cc(-c3ccc4ccccc4c3)ccc12. The minimum absolute atomic E-state index is 0.105. The zero-order valence-electron chi connectivity index (χ0n) is 63.6. The Balaban J connectivity index is 0.642. The predicted octanol–water partition coefficient (Wildman–Crippen LogP) is 26.5. The summed E-state index contributed by atoms with van der Waals surface area (Å²) in [6.45, 7) is 0.637. The molecule has 8 nitrogen and oxygen atoms in total. The van der Waals surface area contributed by atoms with E-state index < -0.39 is 0 Å². The lowest BCUT2D eigenvalue weighted by Crippen LogP contribution is -2.12. The van der Waals surface area contributed by atoms with Crippen molar-refractivity contribution in [3.8, 4) is 112 Å². The predicted molar refractivity (Wildman–Crippen MR) is 480 cm³/mol. The van der Waals surface area contributed by atoms with Crippen molar-refractivity contribution in [2.24, 2.45) is 0 Å². The Hall–Kier alpha value is -14.3. The van der Waals surface area contributed by atoms with Crippen LogP contribution < -0.4 is 28.4 Å². The molecule has 2 N–H and O–H groups in total. The summed E-state index contributed by atoms with van der Waals surface area (Å²) in [4.78, 5) is 0. The molecule has 116 heavy (non-hydrogen) atoms. The first-order valence-corrected chi connectivity index (χ1v) is 39.7. The highest BCUT2D eigenvalue weighted by Gasteiger charge is 2.26. The second-order valence-electron chi connectivity index (χ2n) is 29.6. The molecule has 20 aromatic carbocycles. The second kappa shape index (κ2) is 31.0. The van der Waals surface area contributed by atoms with Crippen molar-refractivity contribution < 1.29 is 38.6 Å². The van der Waals surface area contributed by atoms with Gasteiger partial charge in [0, 0.05) is 33.4 Å². The highest BCUT2D eigenvalue weighted by Crippen LogP contribution is 2.51. The topological polar surface area (TPSA) is 95.8 Å². The highest BCUT2D eigenvalue weighted by molar-refractivity contribution is 6.14. The van der Waals surface area contributed by atoms with Crippen molar-refractivity contribution in [2.45, 2.75) is 0 Å². The molecule has 558 valence electrons. The maximum atomic E-state index is 10.3. The average molecular weight is 1500 g/mol. The number of aliphatic hydroxyl groups excluding tert-OH is 2. The Labute approximate surface area is 671 Å². The molecule has 0 atom stereocenters. The van der Waals surface area contributed by atoms with E-state index in [4.69, 9.17) is 28.4 Å². The standard InChI is InChI=1S/C108H78O8/c109-53-55-111-97-49-39-87-65-83(79-29-25-69-13-1-5-19-75(69)61-79)33-43-93(87)105(97)107-95-45-35-85(81-31-27-71-15-3-7-21-77(71)63-81)67-89(95)41-51-101(107)115-59-57-113-99-47-37-73-17-9-11-23-91(73)103(99)104-92-24-12-10-18-74(92)38-48-100(104)114-58-60-116-102-52-42-90-68-86(82-32-28-72-16-4-8-22-78(72)64-82)36-46-96(90)108(102)106-94-44-34-84(66-88(94)40-50-98(106)112-56-54-110)80-30-26-70-14-2-6-20-76(70)62-80/h1-52,61-68,109-110H,53-60H2. The monoisotopic (exact) mass is 1500 g/mol. The zero-order chi connectivity index (χ0) is 77.4. The van der Waals surface area contributed by atoms with Crippen LogP contribution in [-0.4, -0.2) is 63.1 Å². The van der Waals surface area contributed by atoms with Crippen molar-refractivity contribution in [1.29, 1.82) is 0 Å². The van der Waals surface area contributed by atoms with Crippen LogP contribution in [0.3, 0.4) is 0 Å². The summed E-state index contributed by atoms with van der Waals surface area (Å²) in [6.07, 6.45) is 0. The fourth-order valence-electron chi connectivity index (χ4n) is 17.1. The van der Waals surface area contributed by atoms with Gasteiger partial charge in [-0.2, -0.15) is 0 Å². The molecule has 0 amide bonds. The fourth-order valence-corrected chi connectivity index (χ4v) is 17.1. The van der Waals surface area contributed by atoms with Gasteiger partial charge in [-0.05, 0) is 237 Å². The quantitative estimate of drug-likeness (QED) is 0.0612. The second-order valence-corrected chi connectivity index (χ2v) is 29.6. The van der Waals surface area contributed by atoms with E-state index in [0.29, 0.717) is 34.5 Å². The van der Waals surface area contributed by atoms with Gasteiger partial charge in [-0.1, -0.05) is 279 Å². The van der Waals surface area contributed by atoms with E-state index in [9.17, 15) is 10.2 Å². The summed E-state index contributed by atoms with van der Waals surface area (Å²) in [5.41, 5.74) is 14.1. The molecule has 0 fully saturated rings. The zero-order valence-corrected chi connectivity index (χ0v) is 63.6. The summed E-state index contributed by atoms with van der Waals surface area (Å²) in [5.74, 6) is 3.93. The number of fused-ring (bicyclic) bond motifs is 10. The molecule has 0 bridgehead atoms. The molecule has 0 heterocycles. The summed E-state index contributed by atoms with van der Waals surface area (Å²) in [6, 6.07) is 129. The van der Waals surface area contributed by atoms with Crippen LogP contribution in [0.25, 0.3) is 186 Å². The molecule has 0 aliphatic carbocycles. The summed E-state index contributed by atoms with van der Waals surface area (Å²) in [5, 5.41) is 42.3. The van der Waals surface area contributed by atoms with Gasteiger partial charge in [-0.15, -0.1) is 0 Å². The van der Waals surface area contributed by atoms with Gasteiger partial charge in [0.15, 0.2) is 0 Å². The molecule has 0 aromatic heterocycles. The molecular formula is C108H78O8. The van der Waals surface area contributed by atoms with Crippen LogP contribution in [0.5, 0.6) is 34.5 Å². The number of hydrogen-bond donors (Lipinski definition) is 2. The third-order valence-electron chi connectivity index (χ3n) is 22.7. The molecule has 0 spiro atoms. The first-order valence-electron chi connectivity index (χ1n) is 39.7.